The minimum atomic E-state index is -0.991. The minimum absolute atomic E-state index is 0.0201. The largest absolute Gasteiger partial charge is 0.497 e. The van der Waals surface area contributed by atoms with Gasteiger partial charge in [-0.15, -0.1) is 0 Å². The van der Waals surface area contributed by atoms with Gasteiger partial charge in [0.15, 0.2) is 0 Å². The fourth-order valence-corrected chi connectivity index (χ4v) is 2.98. The van der Waals surface area contributed by atoms with Crippen LogP contribution in [-0.4, -0.2) is 49.7 Å². The van der Waals surface area contributed by atoms with Crippen molar-refractivity contribution in [2.75, 3.05) is 0 Å². The molecule has 27 heavy (non-hydrogen) atoms. The Labute approximate surface area is 158 Å². The van der Waals surface area contributed by atoms with E-state index < -0.39 is 30.0 Å². The van der Waals surface area contributed by atoms with E-state index in [2.05, 4.69) is 9.97 Å². The summed E-state index contributed by atoms with van der Waals surface area (Å²) in [6, 6.07) is 0. The normalized spacial score (nSPS) is 18.9. The van der Waals surface area contributed by atoms with E-state index in [0.29, 0.717) is 16.5 Å². The summed E-state index contributed by atoms with van der Waals surface area (Å²) in [6.45, 7) is 11.4. The van der Waals surface area contributed by atoms with Crippen molar-refractivity contribution in [3.05, 3.63) is 12.5 Å². The van der Waals surface area contributed by atoms with Crippen molar-refractivity contribution in [3.8, 4) is 5.88 Å². The van der Waals surface area contributed by atoms with Gasteiger partial charge in [-0.05, 0) is 41.5 Å². The highest BCUT2D eigenvalue weighted by Crippen LogP contribution is 2.37. The van der Waals surface area contributed by atoms with Crippen molar-refractivity contribution < 1.29 is 23.9 Å². The molecule has 2 aromatic rings. The molecule has 9 nitrogen and oxygen atoms in total. The molecule has 1 amide bonds. The van der Waals surface area contributed by atoms with Gasteiger partial charge in [0.05, 0.1) is 28.7 Å². The molecule has 0 aromatic carbocycles. The second-order valence-corrected chi connectivity index (χ2v) is 8.41. The zero-order valence-corrected chi connectivity index (χ0v) is 16.4. The average Bonchev–Trinajstić information content (AvgIpc) is 2.93. The Balaban J connectivity index is 2.18. The summed E-state index contributed by atoms with van der Waals surface area (Å²) in [5.41, 5.74) is 4.17. The van der Waals surface area contributed by atoms with Crippen molar-refractivity contribution in [3.63, 3.8) is 0 Å². The molecule has 1 aliphatic heterocycles. The molecule has 0 radical (unpaired) electrons. The zero-order chi connectivity index (χ0) is 20.2. The summed E-state index contributed by atoms with van der Waals surface area (Å²) < 4.78 is 19.1. The Morgan fingerprint density at radius 1 is 1.30 bits per heavy atom. The number of nitrogens with zero attached hydrogens (tertiary/aromatic N) is 3. The summed E-state index contributed by atoms with van der Waals surface area (Å²) in [6.07, 6.45) is 2.06. The van der Waals surface area contributed by atoms with Crippen molar-refractivity contribution in [2.24, 2.45) is 5.73 Å². The molecule has 1 saturated heterocycles. The number of rotatable bonds is 4. The molecular formula is C17H25BN4O5. The molecule has 3 rings (SSSR count). The summed E-state index contributed by atoms with van der Waals surface area (Å²) in [5.74, 6) is 0.0201. The van der Waals surface area contributed by atoms with E-state index >= 15 is 0 Å². The number of fused-ring (bicyclic) bond motifs is 1. The van der Waals surface area contributed by atoms with Crippen molar-refractivity contribution in [2.45, 2.75) is 64.9 Å². The lowest BCUT2D eigenvalue weighted by Crippen LogP contribution is -2.41. The van der Waals surface area contributed by atoms with Crippen LogP contribution in [0.5, 0.6) is 5.88 Å². The number of nitrogens with two attached hydrogens (primary N) is 1. The molecular weight excluding hydrogens is 351 g/mol. The van der Waals surface area contributed by atoms with Crippen LogP contribution < -0.4 is 15.9 Å². The van der Waals surface area contributed by atoms with Crippen molar-refractivity contribution in [1.29, 1.82) is 0 Å². The van der Waals surface area contributed by atoms with Crippen LogP contribution in [0.15, 0.2) is 12.5 Å². The Morgan fingerprint density at radius 2 is 1.89 bits per heavy atom. The first kappa shape index (κ1) is 19.6. The molecule has 146 valence electrons. The van der Waals surface area contributed by atoms with Gasteiger partial charge in [0, 0.05) is 11.7 Å². The molecule has 3 N–H and O–H groups in total. The average molecular weight is 376 g/mol. The quantitative estimate of drug-likeness (QED) is 0.762. The van der Waals surface area contributed by atoms with E-state index in [0.717, 1.165) is 0 Å². The first-order valence-electron chi connectivity index (χ1n) is 8.70. The third-order valence-electron chi connectivity index (χ3n) is 4.91. The summed E-state index contributed by atoms with van der Waals surface area (Å²) in [4.78, 5) is 19.7. The first-order chi connectivity index (χ1) is 12.3. The third-order valence-corrected chi connectivity index (χ3v) is 4.91. The Kier molecular flexibility index (Phi) is 4.49. The Hall–Kier alpha value is -2.17. The van der Waals surface area contributed by atoms with Crippen LogP contribution in [-0.2, 0) is 15.9 Å². The molecule has 3 heterocycles. The lowest BCUT2D eigenvalue weighted by atomic mass is 9.79. The van der Waals surface area contributed by atoms with Gasteiger partial charge in [-0.25, -0.2) is 14.8 Å². The SMILES string of the molecule is CC(C)(O)Cn1cc(B2OC(C)(C)C(C)(C)O2)c2c(OC(N)=O)ncnc21. The van der Waals surface area contributed by atoms with Crippen LogP contribution >= 0.6 is 0 Å². The lowest BCUT2D eigenvalue weighted by Gasteiger charge is -2.32. The molecule has 0 atom stereocenters. The van der Waals surface area contributed by atoms with Gasteiger partial charge in [0.2, 0.25) is 5.88 Å². The maximum absolute atomic E-state index is 11.3. The number of carbonyl (C=O) groups is 1. The van der Waals surface area contributed by atoms with Gasteiger partial charge >= 0.3 is 13.2 Å². The van der Waals surface area contributed by atoms with Gasteiger partial charge in [-0.2, -0.15) is 0 Å². The molecule has 0 saturated carbocycles. The molecule has 1 aliphatic rings. The second kappa shape index (κ2) is 6.18. The van der Waals surface area contributed by atoms with E-state index in [1.165, 1.54) is 6.33 Å². The van der Waals surface area contributed by atoms with Crippen LogP contribution in [0.4, 0.5) is 4.79 Å². The van der Waals surface area contributed by atoms with Crippen LogP contribution in [0.1, 0.15) is 41.5 Å². The second-order valence-electron chi connectivity index (χ2n) is 8.41. The number of hydrogen-bond donors (Lipinski definition) is 2. The third kappa shape index (κ3) is 3.65. The number of hydrogen-bond acceptors (Lipinski definition) is 7. The van der Waals surface area contributed by atoms with Gasteiger partial charge < -0.3 is 29.5 Å². The highest BCUT2D eigenvalue weighted by Gasteiger charge is 2.52. The van der Waals surface area contributed by atoms with Gasteiger partial charge in [-0.1, -0.05) is 0 Å². The van der Waals surface area contributed by atoms with Crippen LogP contribution in [0, 0.1) is 0 Å². The summed E-state index contributed by atoms with van der Waals surface area (Å²) in [7, 11) is -0.721. The minimum Gasteiger partial charge on any atom is -0.399 e. The standard InChI is InChI=1S/C17H25BN4O5/c1-15(2,24)8-22-7-10(18-26-16(3,4)17(5,6)27-18)11-12(22)20-9-21-13(11)25-14(19)23/h7,9,24H,8H2,1-6H3,(H2,19,23). The smallest absolute Gasteiger partial charge is 0.399 e. The van der Waals surface area contributed by atoms with Crippen LogP contribution in [0.2, 0.25) is 0 Å². The summed E-state index contributed by atoms with van der Waals surface area (Å²) in [5, 5.41) is 10.7. The topological polar surface area (TPSA) is 122 Å². The number of aliphatic hydroxyl groups is 1. The maximum atomic E-state index is 11.3. The lowest BCUT2D eigenvalue weighted by molar-refractivity contribution is 0.00578. The fourth-order valence-electron chi connectivity index (χ4n) is 2.98. The predicted octanol–water partition coefficient (Wildman–Crippen LogP) is 0.959. The zero-order valence-electron chi connectivity index (χ0n) is 16.4. The van der Waals surface area contributed by atoms with Crippen molar-refractivity contribution >= 4 is 29.7 Å². The Morgan fingerprint density at radius 3 is 2.41 bits per heavy atom. The van der Waals surface area contributed by atoms with Gasteiger partial charge in [0.1, 0.15) is 12.0 Å². The number of ether oxygens (including phenoxy) is 1. The molecule has 0 unspecified atom stereocenters. The van der Waals surface area contributed by atoms with E-state index in [9.17, 15) is 9.90 Å². The Bertz CT molecular complexity index is 871. The van der Waals surface area contributed by atoms with E-state index in [4.69, 9.17) is 19.8 Å². The van der Waals surface area contributed by atoms with Gasteiger partial charge in [0.25, 0.3) is 0 Å². The maximum Gasteiger partial charge on any atom is 0.497 e. The number of aromatic nitrogens is 3. The number of primary amides is 1. The fraction of sp³-hybridized carbons (Fsp3) is 0.588. The van der Waals surface area contributed by atoms with Crippen LogP contribution in [0.25, 0.3) is 11.0 Å². The molecule has 0 bridgehead atoms. The van der Waals surface area contributed by atoms with E-state index in [1.807, 2.05) is 27.7 Å². The highest BCUT2D eigenvalue weighted by atomic mass is 16.7. The number of amides is 1. The number of carbonyl (C=O) groups excluding carboxylic acids is 1. The van der Waals surface area contributed by atoms with E-state index in [1.54, 1.807) is 24.6 Å². The highest BCUT2D eigenvalue weighted by molar-refractivity contribution is 6.65. The van der Waals surface area contributed by atoms with Crippen molar-refractivity contribution in [1.82, 2.24) is 14.5 Å². The summed E-state index contributed by atoms with van der Waals surface area (Å²) >= 11 is 0. The monoisotopic (exact) mass is 376 g/mol. The van der Waals surface area contributed by atoms with E-state index in [-0.39, 0.29) is 12.4 Å². The first-order valence-corrected chi connectivity index (χ1v) is 8.70. The van der Waals surface area contributed by atoms with Crippen LogP contribution in [0.3, 0.4) is 0 Å². The predicted molar refractivity (Wildman–Crippen MR) is 99.8 cm³/mol. The molecule has 0 aliphatic carbocycles. The van der Waals surface area contributed by atoms with Gasteiger partial charge in [-0.3, -0.25) is 0 Å². The molecule has 2 aromatic heterocycles. The molecule has 1 fully saturated rings. The molecule has 0 spiro atoms. The molecule has 10 heteroatoms.